The molecule has 0 unspecified atom stereocenters. The van der Waals surface area contributed by atoms with Crippen molar-refractivity contribution in [1.29, 1.82) is 0 Å². The molecule has 0 bridgehead atoms. The van der Waals surface area contributed by atoms with Crippen LogP contribution in [0.4, 0.5) is 5.69 Å². The number of nitrogens with zero attached hydrogens (tertiary/aromatic N) is 3. The molecular formula is C22H26IN3O4S. The van der Waals surface area contributed by atoms with Gasteiger partial charge in [-0.1, -0.05) is 38.5 Å². The summed E-state index contributed by atoms with van der Waals surface area (Å²) in [5.41, 5.74) is 0.182. The number of hydrogen-bond donors (Lipinski definition) is 1. The molecule has 0 atom stereocenters. The fraction of sp³-hybridized carbons (Fsp3) is 0.545. The molecule has 2 saturated carbocycles. The smallest absolute Gasteiger partial charge is 0.312 e. The molecule has 0 radical (unpaired) electrons. The van der Waals surface area contributed by atoms with Crippen LogP contribution in [0.15, 0.2) is 22.0 Å². The number of nitro benzene ring substituents is 1. The van der Waals surface area contributed by atoms with Crippen molar-refractivity contribution in [2.75, 3.05) is 0 Å². The second kappa shape index (κ2) is 9.89. The van der Waals surface area contributed by atoms with Gasteiger partial charge in [0.15, 0.2) is 5.17 Å². The van der Waals surface area contributed by atoms with Crippen molar-refractivity contribution in [2.24, 2.45) is 4.99 Å². The quantitative estimate of drug-likeness (QED) is 0.218. The Kier molecular flexibility index (Phi) is 7.20. The molecule has 7 nitrogen and oxygen atoms in total. The lowest BCUT2D eigenvalue weighted by Crippen LogP contribution is -2.41. The third-order valence-corrected chi connectivity index (χ3v) is 8.02. The van der Waals surface area contributed by atoms with Crippen molar-refractivity contribution in [3.05, 3.63) is 36.3 Å². The Morgan fingerprint density at radius 1 is 1.13 bits per heavy atom. The number of benzene rings is 1. The van der Waals surface area contributed by atoms with Crippen molar-refractivity contribution in [2.45, 2.75) is 76.3 Å². The molecule has 1 saturated heterocycles. The minimum absolute atomic E-state index is 0.0582. The maximum Gasteiger partial charge on any atom is 0.312 e. The lowest BCUT2D eigenvalue weighted by atomic mass is 9.94. The van der Waals surface area contributed by atoms with Gasteiger partial charge in [-0.15, -0.1) is 0 Å². The zero-order valence-electron chi connectivity index (χ0n) is 17.3. The molecule has 1 aromatic rings. The summed E-state index contributed by atoms with van der Waals surface area (Å²) in [7, 11) is 0. The average molecular weight is 555 g/mol. The summed E-state index contributed by atoms with van der Waals surface area (Å²) in [6.07, 6.45) is 12.9. The van der Waals surface area contributed by atoms with E-state index in [-0.39, 0.29) is 29.4 Å². The van der Waals surface area contributed by atoms with Crippen molar-refractivity contribution in [3.8, 4) is 5.75 Å². The maximum atomic E-state index is 13.4. The van der Waals surface area contributed by atoms with Gasteiger partial charge in [0, 0.05) is 12.1 Å². The number of aliphatic imine (C=N–C) groups is 1. The standard InChI is InChI=1S/C22H26IN3O4S/c23-17-11-14(12-18(20(17)27)26(29)30)13-19-21(28)25(16-9-5-2-6-10-16)22(31-19)24-15-7-3-1-4-8-15/h11-13,15-16,27H,1-10H2/b19-13-,24-22?. The molecule has 31 heavy (non-hydrogen) atoms. The molecule has 1 aliphatic heterocycles. The highest BCUT2D eigenvalue weighted by Crippen LogP contribution is 2.40. The first kappa shape index (κ1) is 22.6. The molecule has 2 aliphatic carbocycles. The van der Waals surface area contributed by atoms with Gasteiger partial charge in [0.25, 0.3) is 5.91 Å². The highest BCUT2D eigenvalue weighted by Gasteiger charge is 2.39. The minimum atomic E-state index is -0.604. The molecule has 166 valence electrons. The maximum absolute atomic E-state index is 13.4. The Hall–Kier alpha value is -1.62. The first-order chi connectivity index (χ1) is 14.9. The van der Waals surface area contributed by atoms with E-state index in [1.54, 1.807) is 12.1 Å². The zero-order valence-corrected chi connectivity index (χ0v) is 20.2. The molecule has 4 rings (SSSR count). The highest BCUT2D eigenvalue weighted by molar-refractivity contribution is 14.1. The number of hydrogen-bond acceptors (Lipinski definition) is 6. The molecule has 1 N–H and O–H groups in total. The Morgan fingerprint density at radius 2 is 1.77 bits per heavy atom. The number of phenolic OH excluding ortho intramolecular Hbond substituents is 1. The lowest BCUT2D eigenvalue weighted by Gasteiger charge is -2.31. The summed E-state index contributed by atoms with van der Waals surface area (Å²) >= 11 is 3.26. The highest BCUT2D eigenvalue weighted by atomic mass is 127. The van der Waals surface area contributed by atoms with E-state index in [1.165, 1.54) is 43.5 Å². The number of phenols is 1. The summed E-state index contributed by atoms with van der Waals surface area (Å²) in [5.74, 6) is -0.404. The Labute approximate surface area is 199 Å². The molecule has 3 aliphatic rings. The van der Waals surface area contributed by atoms with E-state index < -0.39 is 4.92 Å². The summed E-state index contributed by atoms with van der Waals surface area (Å²) < 4.78 is 0.384. The van der Waals surface area contributed by atoms with Gasteiger partial charge in [-0.25, -0.2) is 0 Å². The van der Waals surface area contributed by atoms with Crippen LogP contribution >= 0.6 is 34.4 Å². The Morgan fingerprint density at radius 3 is 2.42 bits per heavy atom. The number of rotatable bonds is 4. The van der Waals surface area contributed by atoms with E-state index in [2.05, 4.69) is 0 Å². The molecule has 1 aromatic carbocycles. The largest absolute Gasteiger partial charge is 0.501 e. The van der Waals surface area contributed by atoms with Crippen molar-refractivity contribution in [1.82, 2.24) is 4.90 Å². The van der Waals surface area contributed by atoms with Crippen LogP contribution in [-0.2, 0) is 4.79 Å². The van der Waals surface area contributed by atoms with Crippen LogP contribution in [0.25, 0.3) is 6.08 Å². The van der Waals surface area contributed by atoms with Crippen LogP contribution in [0.1, 0.15) is 69.8 Å². The fourth-order valence-electron chi connectivity index (χ4n) is 4.58. The van der Waals surface area contributed by atoms with Crippen molar-refractivity contribution >= 4 is 57.2 Å². The lowest BCUT2D eigenvalue weighted by molar-refractivity contribution is -0.386. The van der Waals surface area contributed by atoms with Gasteiger partial charge in [0.1, 0.15) is 0 Å². The summed E-state index contributed by atoms with van der Waals surface area (Å²) in [5, 5.41) is 22.0. The number of amides is 1. The summed E-state index contributed by atoms with van der Waals surface area (Å²) in [6, 6.07) is 3.42. The van der Waals surface area contributed by atoms with Crippen LogP contribution in [0.3, 0.4) is 0 Å². The third-order valence-electron chi connectivity index (χ3n) is 6.20. The van der Waals surface area contributed by atoms with Gasteiger partial charge in [-0.2, -0.15) is 0 Å². The van der Waals surface area contributed by atoms with Gasteiger partial charge >= 0.3 is 5.69 Å². The molecule has 3 fully saturated rings. The zero-order chi connectivity index (χ0) is 22.0. The summed E-state index contributed by atoms with van der Waals surface area (Å²) in [6.45, 7) is 0. The number of halogens is 1. The van der Waals surface area contributed by atoms with Crippen LogP contribution in [-0.4, -0.2) is 38.1 Å². The fourth-order valence-corrected chi connectivity index (χ4v) is 6.33. The van der Waals surface area contributed by atoms with Gasteiger partial charge < -0.3 is 5.11 Å². The van der Waals surface area contributed by atoms with Crippen molar-refractivity contribution < 1.29 is 14.8 Å². The van der Waals surface area contributed by atoms with Crippen molar-refractivity contribution in [3.63, 3.8) is 0 Å². The molecule has 1 heterocycles. The first-order valence-corrected chi connectivity index (χ1v) is 12.8. The van der Waals surface area contributed by atoms with Crippen LogP contribution < -0.4 is 0 Å². The number of carbonyl (C=O) groups excluding carboxylic acids is 1. The molecular weight excluding hydrogens is 529 g/mol. The predicted octanol–water partition coefficient (Wildman–Crippen LogP) is 5.84. The van der Waals surface area contributed by atoms with Gasteiger partial charge in [-0.3, -0.25) is 24.8 Å². The summed E-state index contributed by atoms with van der Waals surface area (Å²) in [4.78, 5) is 31.5. The van der Waals surface area contributed by atoms with Gasteiger partial charge in [0.05, 0.1) is 19.4 Å². The Balaban J connectivity index is 1.68. The first-order valence-electron chi connectivity index (χ1n) is 10.9. The van der Waals surface area contributed by atoms with E-state index in [9.17, 15) is 20.0 Å². The number of amidine groups is 1. The number of nitro groups is 1. The van der Waals surface area contributed by atoms with E-state index in [1.807, 2.05) is 27.5 Å². The predicted molar refractivity (Wildman–Crippen MR) is 131 cm³/mol. The van der Waals surface area contributed by atoms with Crippen LogP contribution in [0.2, 0.25) is 0 Å². The van der Waals surface area contributed by atoms with E-state index in [4.69, 9.17) is 4.99 Å². The molecule has 0 spiro atoms. The topological polar surface area (TPSA) is 96.0 Å². The molecule has 0 aromatic heterocycles. The molecule has 9 heteroatoms. The number of thioether (sulfide) groups is 1. The normalized spacial score (nSPS) is 23.8. The van der Waals surface area contributed by atoms with Crippen LogP contribution in [0, 0.1) is 13.7 Å². The molecule has 1 amide bonds. The van der Waals surface area contributed by atoms with E-state index >= 15 is 0 Å². The second-order valence-corrected chi connectivity index (χ2v) is 10.6. The van der Waals surface area contributed by atoms with E-state index in [0.29, 0.717) is 14.0 Å². The number of carbonyl (C=O) groups is 1. The van der Waals surface area contributed by atoms with Crippen LogP contribution in [0.5, 0.6) is 5.75 Å². The monoisotopic (exact) mass is 555 g/mol. The van der Waals surface area contributed by atoms with Gasteiger partial charge in [-0.05, 0) is 77.7 Å². The third kappa shape index (κ3) is 5.08. The average Bonchev–Trinajstić information content (AvgIpc) is 3.06. The second-order valence-electron chi connectivity index (χ2n) is 8.41. The number of aromatic hydroxyl groups is 1. The minimum Gasteiger partial charge on any atom is -0.501 e. The van der Waals surface area contributed by atoms with Gasteiger partial charge in [0.2, 0.25) is 5.75 Å². The van der Waals surface area contributed by atoms with E-state index in [0.717, 1.165) is 43.7 Å². The Bertz CT molecular complexity index is 937. The SMILES string of the molecule is O=C1/C(=C/c2cc(I)c(O)c([N+](=O)[O-])c2)SC(=NC2CCCCC2)N1C1CCCCC1.